The van der Waals surface area contributed by atoms with E-state index in [1.54, 1.807) is 42.5 Å². The number of nitrogens with zero attached hydrogens (tertiary/aromatic N) is 2. The molecule has 0 fully saturated rings. The SMILES string of the molecule is CC(C)[C@H](N)CN(C(=O)C(Cl)Cl)c1cccc(-c2cc(-c3c(Cl)cccc3Cl)no2)c1. The van der Waals surface area contributed by atoms with Crippen molar-refractivity contribution in [2.75, 3.05) is 11.4 Å². The first-order valence-corrected chi connectivity index (χ1v) is 11.2. The largest absolute Gasteiger partial charge is 0.356 e. The Bertz CT molecular complexity index is 1050. The summed E-state index contributed by atoms with van der Waals surface area (Å²) in [5.74, 6) is 0.208. The lowest BCUT2D eigenvalue weighted by molar-refractivity contribution is -0.117. The van der Waals surface area contributed by atoms with E-state index in [0.29, 0.717) is 38.3 Å². The van der Waals surface area contributed by atoms with Crippen molar-refractivity contribution < 1.29 is 9.32 Å². The maximum atomic E-state index is 12.7. The summed E-state index contributed by atoms with van der Waals surface area (Å²) in [6.07, 6.45) is 0. The van der Waals surface area contributed by atoms with Crippen LogP contribution in [0.25, 0.3) is 22.6 Å². The van der Waals surface area contributed by atoms with Crippen molar-refractivity contribution >= 4 is 58.0 Å². The summed E-state index contributed by atoms with van der Waals surface area (Å²) in [5, 5.41) is 5.04. The highest BCUT2D eigenvalue weighted by Crippen LogP contribution is 2.36. The molecule has 1 heterocycles. The van der Waals surface area contributed by atoms with E-state index >= 15 is 0 Å². The molecule has 1 amide bonds. The summed E-state index contributed by atoms with van der Waals surface area (Å²) in [7, 11) is 0. The van der Waals surface area contributed by atoms with Crippen LogP contribution in [-0.2, 0) is 4.79 Å². The van der Waals surface area contributed by atoms with E-state index in [1.165, 1.54) is 4.90 Å². The molecule has 9 heteroatoms. The minimum absolute atomic E-state index is 0.166. The molecule has 0 bridgehead atoms. The van der Waals surface area contributed by atoms with Crippen molar-refractivity contribution in [2.24, 2.45) is 11.7 Å². The van der Waals surface area contributed by atoms with E-state index in [1.807, 2.05) is 19.9 Å². The lowest BCUT2D eigenvalue weighted by Crippen LogP contribution is -2.45. The van der Waals surface area contributed by atoms with Crippen molar-refractivity contribution in [3.63, 3.8) is 0 Å². The maximum Gasteiger partial charge on any atom is 0.260 e. The Morgan fingerprint density at radius 1 is 1.10 bits per heavy atom. The van der Waals surface area contributed by atoms with Crippen LogP contribution in [0.5, 0.6) is 0 Å². The molecule has 31 heavy (non-hydrogen) atoms. The molecule has 2 N–H and O–H groups in total. The standard InChI is InChI=1S/C22H21Cl4N3O2/c1-12(2)17(27)11-29(22(30)21(25)26)14-6-3-5-13(9-14)19-10-18(28-31-19)20-15(23)7-4-8-16(20)24/h3-10,12,17,21H,11,27H2,1-2H3/t17-/m1/s1. The number of amides is 1. The fourth-order valence-corrected chi connectivity index (χ4v) is 3.79. The number of carbonyl (C=O) groups excluding carboxylic acids is 1. The number of anilines is 1. The van der Waals surface area contributed by atoms with Crippen LogP contribution in [0.15, 0.2) is 53.1 Å². The number of carbonyl (C=O) groups is 1. The van der Waals surface area contributed by atoms with Gasteiger partial charge in [-0.2, -0.15) is 0 Å². The molecule has 0 aliphatic rings. The van der Waals surface area contributed by atoms with E-state index < -0.39 is 10.7 Å². The van der Waals surface area contributed by atoms with Gasteiger partial charge in [0.05, 0.1) is 10.0 Å². The van der Waals surface area contributed by atoms with Gasteiger partial charge in [0.1, 0.15) is 5.69 Å². The van der Waals surface area contributed by atoms with Crippen molar-refractivity contribution in [2.45, 2.75) is 24.7 Å². The zero-order valence-corrected chi connectivity index (χ0v) is 19.9. The summed E-state index contributed by atoms with van der Waals surface area (Å²) >= 11 is 24.3. The first-order valence-electron chi connectivity index (χ1n) is 9.55. The molecule has 3 aromatic rings. The lowest BCUT2D eigenvalue weighted by atomic mass is 10.0. The highest BCUT2D eigenvalue weighted by atomic mass is 35.5. The van der Waals surface area contributed by atoms with Crippen LogP contribution in [0.2, 0.25) is 10.0 Å². The molecular weight excluding hydrogens is 480 g/mol. The summed E-state index contributed by atoms with van der Waals surface area (Å²) in [6.45, 7) is 4.24. The number of nitrogens with two attached hydrogens (primary N) is 1. The number of hydrogen-bond donors (Lipinski definition) is 1. The third kappa shape index (κ3) is 5.54. The van der Waals surface area contributed by atoms with Gasteiger partial charge in [0.15, 0.2) is 10.6 Å². The zero-order chi connectivity index (χ0) is 22.7. The van der Waals surface area contributed by atoms with Gasteiger partial charge in [-0.3, -0.25) is 4.79 Å². The van der Waals surface area contributed by atoms with Gasteiger partial charge in [-0.25, -0.2) is 0 Å². The van der Waals surface area contributed by atoms with Crippen LogP contribution < -0.4 is 10.6 Å². The molecule has 1 aromatic heterocycles. The molecule has 0 saturated carbocycles. The quantitative estimate of drug-likeness (QED) is 0.379. The molecule has 0 aliphatic heterocycles. The maximum absolute atomic E-state index is 12.7. The van der Waals surface area contributed by atoms with Crippen LogP contribution in [0.3, 0.4) is 0 Å². The number of benzene rings is 2. The minimum atomic E-state index is -1.21. The normalized spacial score (nSPS) is 12.4. The molecule has 164 valence electrons. The van der Waals surface area contributed by atoms with E-state index in [-0.39, 0.29) is 18.5 Å². The van der Waals surface area contributed by atoms with Crippen LogP contribution >= 0.6 is 46.4 Å². The number of hydrogen-bond acceptors (Lipinski definition) is 4. The average molecular weight is 501 g/mol. The van der Waals surface area contributed by atoms with Gasteiger partial charge in [-0.15, -0.1) is 0 Å². The highest BCUT2D eigenvalue weighted by Gasteiger charge is 2.25. The van der Waals surface area contributed by atoms with E-state index in [9.17, 15) is 4.79 Å². The fraction of sp³-hybridized carbons (Fsp3) is 0.273. The van der Waals surface area contributed by atoms with Gasteiger partial charge in [-0.1, -0.05) is 83.6 Å². The smallest absolute Gasteiger partial charge is 0.260 e. The monoisotopic (exact) mass is 499 g/mol. The highest BCUT2D eigenvalue weighted by molar-refractivity contribution is 6.54. The predicted octanol–water partition coefficient (Wildman–Crippen LogP) is 6.44. The van der Waals surface area contributed by atoms with E-state index in [2.05, 4.69) is 5.16 Å². The number of halogens is 4. The van der Waals surface area contributed by atoms with Gasteiger partial charge in [-0.05, 0) is 30.2 Å². The first kappa shape index (κ1) is 23.9. The Kier molecular flexibility index (Phi) is 7.89. The van der Waals surface area contributed by atoms with Gasteiger partial charge >= 0.3 is 0 Å². The molecular formula is C22H21Cl4N3O2. The molecule has 0 spiro atoms. The van der Waals surface area contributed by atoms with Crippen LogP contribution in [0.4, 0.5) is 5.69 Å². The van der Waals surface area contributed by atoms with Crippen LogP contribution in [0, 0.1) is 5.92 Å². The molecule has 0 saturated heterocycles. The Balaban J connectivity index is 1.97. The Labute approximate surface area is 201 Å². The number of aromatic nitrogens is 1. The van der Waals surface area contributed by atoms with Crippen molar-refractivity contribution in [3.8, 4) is 22.6 Å². The zero-order valence-electron chi connectivity index (χ0n) is 16.9. The Hall–Kier alpha value is -1.76. The Morgan fingerprint density at radius 2 is 1.74 bits per heavy atom. The second-order valence-corrected chi connectivity index (χ2v) is 9.29. The molecule has 5 nitrogen and oxygen atoms in total. The van der Waals surface area contributed by atoms with Crippen molar-refractivity contribution in [1.29, 1.82) is 0 Å². The van der Waals surface area contributed by atoms with Gasteiger partial charge in [0.25, 0.3) is 5.91 Å². The average Bonchev–Trinajstić information content (AvgIpc) is 3.21. The summed E-state index contributed by atoms with van der Waals surface area (Å²) < 4.78 is 5.53. The molecule has 3 rings (SSSR count). The van der Waals surface area contributed by atoms with Crippen LogP contribution in [0.1, 0.15) is 13.8 Å². The van der Waals surface area contributed by atoms with E-state index in [4.69, 9.17) is 56.7 Å². The minimum Gasteiger partial charge on any atom is -0.356 e. The third-order valence-corrected chi connectivity index (χ3v) is 5.88. The number of rotatable bonds is 7. The van der Waals surface area contributed by atoms with Crippen molar-refractivity contribution in [3.05, 3.63) is 58.6 Å². The lowest BCUT2D eigenvalue weighted by Gasteiger charge is -2.28. The molecule has 2 aromatic carbocycles. The second-order valence-electron chi connectivity index (χ2n) is 7.38. The number of alkyl halides is 2. The van der Waals surface area contributed by atoms with Gasteiger partial charge < -0.3 is 15.2 Å². The predicted molar refractivity (Wildman–Crippen MR) is 128 cm³/mol. The van der Waals surface area contributed by atoms with Gasteiger partial charge in [0.2, 0.25) is 0 Å². The van der Waals surface area contributed by atoms with Gasteiger partial charge in [0, 0.05) is 35.5 Å². The third-order valence-electron chi connectivity index (χ3n) is 4.87. The fourth-order valence-electron chi connectivity index (χ4n) is 2.96. The second kappa shape index (κ2) is 10.2. The summed E-state index contributed by atoms with van der Waals surface area (Å²) in [5.41, 5.74) is 8.60. The molecule has 0 unspecified atom stereocenters. The van der Waals surface area contributed by atoms with Crippen molar-refractivity contribution in [1.82, 2.24) is 5.16 Å². The summed E-state index contributed by atoms with van der Waals surface area (Å²) in [6, 6.07) is 13.9. The first-order chi connectivity index (χ1) is 14.7. The molecule has 1 atom stereocenters. The topological polar surface area (TPSA) is 72.4 Å². The van der Waals surface area contributed by atoms with Crippen LogP contribution in [-0.4, -0.2) is 28.5 Å². The molecule has 0 radical (unpaired) electrons. The Morgan fingerprint density at radius 3 is 2.35 bits per heavy atom. The van der Waals surface area contributed by atoms with E-state index in [0.717, 1.165) is 0 Å². The molecule has 0 aliphatic carbocycles. The summed E-state index contributed by atoms with van der Waals surface area (Å²) in [4.78, 5) is 12.9.